The number of hydrogen-bond donors (Lipinski definition) is 0. The first-order valence-corrected chi connectivity index (χ1v) is 33.3. The van der Waals surface area contributed by atoms with E-state index in [-0.39, 0.29) is 5.78 Å². The molecule has 0 radical (unpaired) electrons. The van der Waals surface area contributed by atoms with Crippen LogP contribution in [-0.4, -0.2) is 25.7 Å². The van der Waals surface area contributed by atoms with E-state index in [1.807, 2.05) is 122 Å². The molecule has 12 rings (SSSR count). The number of aromatic nitrogens is 4. The molecule has 0 aliphatic rings. The molecule has 85 heavy (non-hydrogen) atoms. The number of halogens is 8. The first-order valence-electron chi connectivity index (χ1n) is 26.9. The van der Waals surface area contributed by atoms with Crippen LogP contribution in [0.2, 0.25) is 0 Å². The lowest BCUT2D eigenvalue weighted by molar-refractivity contribution is 0.103. The van der Waals surface area contributed by atoms with Crippen LogP contribution in [0.15, 0.2) is 267 Å². The predicted octanol–water partition coefficient (Wildman–Crippen LogP) is 24.6. The normalized spacial score (nSPS) is 11.1. The van der Waals surface area contributed by atoms with Crippen LogP contribution < -0.4 is 4.90 Å². The summed E-state index contributed by atoms with van der Waals surface area (Å²) >= 11 is 27.7. The molecule has 0 aliphatic carbocycles. The number of nitrogens with zero attached hydrogens (tertiary/aromatic N) is 5. The molecule has 6 nitrogen and oxygen atoms in total. The van der Waals surface area contributed by atoms with Crippen molar-refractivity contribution in [2.75, 3.05) is 4.90 Å². The second-order valence-electron chi connectivity index (χ2n) is 19.7. The van der Waals surface area contributed by atoms with Crippen molar-refractivity contribution in [3.8, 4) is 33.9 Å². The fourth-order valence-corrected chi connectivity index (χ4v) is 11.4. The van der Waals surface area contributed by atoms with Crippen LogP contribution in [0.4, 0.5) is 17.1 Å². The zero-order chi connectivity index (χ0) is 60.1. The van der Waals surface area contributed by atoms with Gasteiger partial charge in [-0.2, -0.15) is 0 Å². The van der Waals surface area contributed by atoms with E-state index in [1.165, 1.54) is 16.7 Å². The van der Waals surface area contributed by atoms with Gasteiger partial charge in [-0.15, -0.1) is 0 Å². The molecule has 12 aromatic rings. The van der Waals surface area contributed by atoms with E-state index in [0.717, 1.165) is 115 Å². The number of carbonyl (C=O) groups excluding carboxylic acids is 1. The summed E-state index contributed by atoms with van der Waals surface area (Å²) in [5, 5.41) is 2.31. The van der Waals surface area contributed by atoms with Crippen molar-refractivity contribution >= 4 is 172 Å². The topological polar surface area (TPSA) is 71.9 Å². The number of hydrogen-bond acceptors (Lipinski definition) is 6. The fraction of sp³-hybridized carbons (Fsp3) is 0.0845. The lowest BCUT2D eigenvalue weighted by atomic mass is 9.98. The molecular weight excluding hydrogens is 1580 g/mol. The number of fused-ring (bicyclic) bond motifs is 3. The van der Waals surface area contributed by atoms with Crippen molar-refractivity contribution in [1.29, 1.82) is 0 Å². The zero-order valence-corrected chi connectivity index (χ0v) is 59.1. The van der Waals surface area contributed by atoms with Gasteiger partial charge < -0.3 is 4.90 Å². The quantitative estimate of drug-likeness (QED) is 0.100. The Labute approximate surface area is 564 Å². The Hall–Kier alpha value is -5.81. The molecule has 9 aromatic carbocycles. The SMILES string of the molecule is Brc1ccc(-c2cc(-c3ccc(Br)cc3)nc(-c3ccccc3)n2)cc1.CCC(C)c1ccc(N(c2ccc(Br)cc2)c2ccc(Br)cc2)cc1.Cc1c(C)c2cc(Br)cnc2c2ncc(Br)cc12.O=C(c1ccc(Br)cc1)c1ccc(Br)cc1. The van der Waals surface area contributed by atoms with Gasteiger partial charge in [-0.1, -0.05) is 176 Å². The monoisotopic (exact) mass is 1620 g/mol. The summed E-state index contributed by atoms with van der Waals surface area (Å²) < 4.78 is 8.19. The third-order valence-corrected chi connectivity index (χ3v) is 18.1. The minimum atomic E-state index is 0.0417. The van der Waals surface area contributed by atoms with Gasteiger partial charge in [0.15, 0.2) is 11.6 Å². The Morgan fingerprint density at radius 2 is 0.753 bits per heavy atom. The second-order valence-corrected chi connectivity index (χ2v) is 27.0. The highest BCUT2D eigenvalue weighted by Crippen LogP contribution is 2.38. The van der Waals surface area contributed by atoms with E-state index in [4.69, 9.17) is 9.97 Å². The van der Waals surface area contributed by atoms with Crippen molar-refractivity contribution in [3.05, 3.63) is 294 Å². The van der Waals surface area contributed by atoms with Crippen LogP contribution >= 0.6 is 127 Å². The van der Waals surface area contributed by atoms with E-state index in [0.29, 0.717) is 17.0 Å². The lowest BCUT2D eigenvalue weighted by Crippen LogP contribution is -2.09. The molecule has 14 heteroatoms. The van der Waals surface area contributed by atoms with Crippen LogP contribution in [0.1, 0.15) is 58.8 Å². The smallest absolute Gasteiger partial charge is 0.193 e. The van der Waals surface area contributed by atoms with Crippen molar-refractivity contribution < 1.29 is 4.79 Å². The molecule has 1 unspecified atom stereocenters. The van der Waals surface area contributed by atoms with Crippen LogP contribution in [-0.2, 0) is 0 Å². The third kappa shape index (κ3) is 16.8. The van der Waals surface area contributed by atoms with E-state index >= 15 is 0 Å². The van der Waals surface area contributed by atoms with Gasteiger partial charge in [0.25, 0.3) is 0 Å². The summed E-state index contributed by atoms with van der Waals surface area (Å²) in [6.45, 7) is 8.77. The fourth-order valence-electron chi connectivity index (χ4n) is 9.12. The van der Waals surface area contributed by atoms with Crippen LogP contribution in [0, 0.1) is 13.8 Å². The van der Waals surface area contributed by atoms with Gasteiger partial charge in [-0.3, -0.25) is 14.8 Å². The predicted molar refractivity (Wildman–Crippen MR) is 383 cm³/mol. The maximum atomic E-state index is 12.0. The number of pyridine rings is 2. The molecule has 0 fully saturated rings. The second kappa shape index (κ2) is 30.2. The molecule has 0 N–H and O–H groups in total. The largest absolute Gasteiger partial charge is 0.311 e. The number of aryl methyl sites for hydroxylation is 2. The summed E-state index contributed by atoms with van der Waals surface area (Å²) in [5.41, 5.74) is 15.6. The summed E-state index contributed by atoms with van der Waals surface area (Å²) in [6, 6.07) is 73.2. The van der Waals surface area contributed by atoms with Crippen molar-refractivity contribution in [1.82, 2.24) is 19.9 Å². The Bertz CT molecular complexity index is 3990. The summed E-state index contributed by atoms with van der Waals surface area (Å²) in [7, 11) is 0. The van der Waals surface area contributed by atoms with Crippen molar-refractivity contribution in [3.63, 3.8) is 0 Å². The summed E-state index contributed by atoms with van der Waals surface area (Å²) in [4.78, 5) is 33.0. The van der Waals surface area contributed by atoms with E-state index in [1.54, 1.807) is 0 Å². The number of carbonyl (C=O) groups is 1. The number of benzene rings is 9. The molecule has 0 aliphatic heterocycles. The zero-order valence-electron chi connectivity index (χ0n) is 46.4. The summed E-state index contributed by atoms with van der Waals surface area (Å²) in [5.74, 6) is 1.35. The Morgan fingerprint density at radius 1 is 0.412 bits per heavy atom. The van der Waals surface area contributed by atoms with Crippen LogP contribution in [0.3, 0.4) is 0 Å². The highest BCUT2D eigenvalue weighted by molar-refractivity contribution is 9.11. The number of rotatable bonds is 10. The van der Waals surface area contributed by atoms with Gasteiger partial charge >= 0.3 is 0 Å². The first-order chi connectivity index (χ1) is 41.0. The van der Waals surface area contributed by atoms with Crippen molar-refractivity contribution in [2.45, 2.75) is 40.0 Å². The Kier molecular flexibility index (Phi) is 22.6. The average Bonchev–Trinajstić information content (AvgIpc) is 3.58. The maximum Gasteiger partial charge on any atom is 0.193 e. The van der Waals surface area contributed by atoms with Gasteiger partial charge in [0.1, 0.15) is 0 Å². The van der Waals surface area contributed by atoms with E-state index < -0.39 is 0 Å². The highest BCUT2D eigenvalue weighted by atomic mass is 79.9. The molecule has 0 amide bonds. The number of anilines is 3. The molecule has 0 spiro atoms. The molecule has 0 saturated heterocycles. The Balaban J connectivity index is 0.000000138. The minimum Gasteiger partial charge on any atom is -0.311 e. The molecule has 424 valence electrons. The number of ketones is 1. The van der Waals surface area contributed by atoms with Gasteiger partial charge in [0.2, 0.25) is 0 Å². The molecule has 3 aromatic heterocycles. The Morgan fingerprint density at radius 3 is 1.12 bits per heavy atom. The molecule has 3 heterocycles. The maximum absolute atomic E-state index is 12.0. The van der Waals surface area contributed by atoms with E-state index in [2.05, 4.69) is 279 Å². The third-order valence-electron chi connectivity index (χ3n) is 14.1. The van der Waals surface area contributed by atoms with Crippen molar-refractivity contribution in [2.24, 2.45) is 0 Å². The molecule has 1 atom stereocenters. The highest BCUT2D eigenvalue weighted by Gasteiger charge is 2.16. The van der Waals surface area contributed by atoms with Gasteiger partial charge in [0, 0.05) is 104 Å². The van der Waals surface area contributed by atoms with Gasteiger partial charge in [-0.05, 0) is 226 Å². The van der Waals surface area contributed by atoms with E-state index in [9.17, 15) is 4.79 Å². The minimum absolute atomic E-state index is 0.0417. The molecule has 0 bridgehead atoms. The van der Waals surface area contributed by atoms with Gasteiger partial charge in [0.05, 0.1) is 22.4 Å². The standard InChI is InChI=1S/C22H14Br2N2.C22H21Br2N.C14H10Br2N2.C13H8Br2O/c23-18-10-6-15(7-11-18)20-14-21(16-8-12-19(24)13-9-16)26-22(25-20)17-4-2-1-3-5-17;1-3-16(2)17-4-10-20(11-5-17)25(21-12-6-18(23)7-13-21)22-14-8-19(24)9-15-22;1-7-8(2)12-4-10(16)6-18-14(12)13-11(7)3-9(15)5-17-13;14-11-5-1-9(2-6-11)13(16)10-3-7-12(15)8-4-10/h1-14H;4-16H,3H2,1-2H3;3-6H,1-2H3;1-8H. The van der Waals surface area contributed by atoms with Gasteiger partial charge in [-0.25, -0.2) is 9.97 Å². The molecular formula is C71H53Br8N5O. The van der Waals surface area contributed by atoms with Crippen LogP contribution in [0.25, 0.3) is 55.7 Å². The summed E-state index contributed by atoms with van der Waals surface area (Å²) in [6.07, 6.45) is 4.79. The molecule has 0 saturated carbocycles. The average molecular weight is 1630 g/mol. The lowest BCUT2D eigenvalue weighted by Gasteiger charge is -2.26. The van der Waals surface area contributed by atoms with Crippen LogP contribution in [0.5, 0.6) is 0 Å². The first kappa shape index (κ1) is 63.7.